The number of unbranched alkanes of at least 4 members (excludes halogenated alkanes) is 1. The van der Waals surface area contributed by atoms with E-state index in [1.807, 2.05) is 31.2 Å². The number of benzene rings is 1. The van der Waals surface area contributed by atoms with Crippen LogP contribution in [0.2, 0.25) is 0 Å². The molecule has 0 amide bonds. The van der Waals surface area contributed by atoms with Crippen molar-refractivity contribution in [1.82, 2.24) is 0 Å². The summed E-state index contributed by atoms with van der Waals surface area (Å²) in [7, 11) is 0. The predicted molar refractivity (Wildman–Crippen MR) is 105 cm³/mol. The first-order valence-corrected chi connectivity index (χ1v) is 10.1. The van der Waals surface area contributed by atoms with Crippen molar-refractivity contribution in [3.05, 3.63) is 35.4 Å². The van der Waals surface area contributed by atoms with Crippen LogP contribution in [0.4, 0.5) is 0 Å². The van der Waals surface area contributed by atoms with Gasteiger partial charge in [0.05, 0.1) is 13.2 Å². The monoisotopic (exact) mass is 350 g/mol. The van der Waals surface area contributed by atoms with Crippen LogP contribution < -0.4 is 0 Å². The summed E-state index contributed by atoms with van der Waals surface area (Å²) in [4.78, 5) is 0. The van der Waals surface area contributed by atoms with Gasteiger partial charge in [0, 0.05) is 17.0 Å². The molecule has 0 spiro atoms. The average Bonchev–Trinajstić information content (AvgIpc) is 3.13. The molecule has 0 unspecified atom stereocenters. The van der Waals surface area contributed by atoms with Crippen molar-refractivity contribution in [3.8, 4) is 23.7 Å². The molecule has 0 bridgehead atoms. The van der Waals surface area contributed by atoms with Gasteiger partial charge in [-0.05, 0) is 62.5 Å². The van der Waals surface area contributed by atoms with Crippen LogP contribution in [0.5, 0.6) is 0 Å². The summed E-state index contributed by atoms with van der Waals surface area (Å²) in [6.07, 6.45) is 9.28. The van der Waals surface area contributed by atoms with Gasteiger partial charge >= 0.3 is 0 Å². The molecule has 2 aliphatic rings. The second-order valence-electron chi connectivity index (χ2n) is 7.60. The molecule has 1 heterocycles. The molecule has 26 heavy (non-hydrogen) atoms. The van der Waals surface area contributed by atoms with E-state index >= 15 is 0 Å². The lowest BCUT2D eigenvalue weighted by molar-refractivity contribution is -0.149. The zero-order valence-electron chi connectivity index (χ0n) is 16.1. The van der Waals surface area contributed by atoms with E-state index in [1.165, 1.54) is 44.9 Å². The van der Waals surface area contributed by atoms with E-state index in [4.69, 9.17) is 9.47 Å². The van der Waals surface area contributed by atoms with Gasteiger partial charge in [0.15, 0.2) is 5.79 Å². The van der Waals surface area contributed by atoms with E-state index in [-0.39, 0.29) is 0 Å². The first-order chi connectivity index (χ1) is 12.7. The van der Waals surface area contributed by atoms with Gasteiger partial charge in [-0.15, -0.1) is 0 Å². The molecule has 0 aromatic heterocycles. The van der Waals surface area contributed by atoms with E-state index in [2.05, 4.69) is 30.6 Å². The Balaban J connectivity index is 1.49. The zero-order valence-corrected chi connectivity index (χ0v) is 16.1. The Morgan fingerprint density at radius 3 is 2.35 bits per heavy atom. The third-order valence-corrected chi connectivity index (χ3v) is 5.61. The molecular formula is C24H30O2. The molecule has 0 atom stereocenters. The van der Waals surface area contributed by atoms with Crippen LogP contribution in [-0.2, 0) is 15.3 Å². The summed E-state index contributed by atoms with van der Waals surface area (Å²) in [5, 5.41) is 0. The second-order valence-corrected chi connectivity index (χ2v) is 7.60. The molecule has 1 aliphatic heterocycles. The first kappa shape index (κ1) is 19.0. The minimum absolute atomic E-state index is 0.543. The van der Waals surface area contributed by atoms with Crippen molar-refractivity contribution in [1.29, 1.82) is 0 Å². The van der Waals surface area contributed by atoms with Gasteiger partial charge < -0.3 is 9.47 Å². The van der Waals surface area contributed by atoms with Crippen LogP contribution in [0.1, 0.15) is 69.9 Å². The van der Waals surface area contributed by atoms with Gasteiger partial charge in [0.25, 0.3) is 0 Å². The van der Waals surface area contributed by atoms with Crippen LogP contribution in [0.3, 0.4) is 0 Å². The lowest BCUT2D eigenvalue weighted by Crippen LogP contribution is -2.22. The molecule has 2 fully saturated rings. The standard InChI is InChI=1S/C24H30O2/c1-3-4-7-20-10-12-21(13-11-20)8-5-6-9-22-14-16-23(17-15-22)24(2)25-18-19-26-24/h14-17,20-21H,3-4,7,10-13,18-19H2,1-2H3. The van der Waals surface area contributed by atoms with Crippen LogP contribution in [0.25, 0.3) is 0 Å². The number of rotatable bonds is 4. The molecule has 2 heteroatoms. The molecule has 0 N–H and O–H groups in total. The van der Waals surface area contributed by atoms with Gasteiger partial charge in [-0.1, -0.05) is 50.2 Å². The summed E-state index contributed by atoms with van der Waals surface area (Å²) < 4.78 is 11.4. The molecule has 1 aromatic rings. The topological polar surface area (TPSA) is 18.5 Å². The minimum atomic E-state index is -0.609. The summed E-state index contributed by atoms with van der Waals surface area (Å²) in [6.45, 7) is 5.53. The third-order valence-electron chi connectivity index (χ3n) is 5.61. The van der Waals surface area contributed by atoms with E-state index in [1.54, 1.807) is 0 Å². The van der Waals surface area contributed by atoms with E-state index in [9.17, 15) is 0 Å². The van der Waals surface area contributed by atoms with E-state index < -0.39 is 5.79 Å². The Labute approximate surface area is 158 Å². The van der Waals surface area contributed by atoms with Crippen molar-refractivity contribution in [3.63, 3.8) is 0 Å². The molecule has 1 saturated heterocycles. The van der Waals surface area contributed by atoms with Gasteiger partial charge in [-0.3, -0.25) is 0 Å². The fourth-order valence-corrected chi connectivity index (χ4v) is 3.87. The number of hydrogen-bond donors (Lipinski definition) is 0. The SMILES string of the molecule is CCCCC1CCC(C#CC#Cc2ccc(C3(C)OCCO3)cc2)CC1. The highest BCUT2D eigenvalue weighted by atomic mass is 16.7. The normalized spacial score (nSPS) is 24.2. The van der Waals surface area contributed by atoms with E-state index in [0.29, 0.717) is 19.1 Å². The summed E-state index contributed by atoms with van der Waals surface area (Å²) >= 11 is 0. The van der Waals surface area contributed by atoms with Crippen LogP contribution in [0.15, 0.2) is 24.3 Å². The Bertz CT molecular complexity index is 682. The fraction of sp³-hybridized carbons (Fsp3) is 0.583. The maximum Gasteiger partial charge on any atom is 0.192 e. The highest BCUT2D eigenvalue weighted by molar-refractivity contribution is 5.41. The van der Waals surface area contributed by atoms with Gasteiger partial charge in [-0.25, -0.2) is 0 Å². The smallest absolute Gasteiger partial charge is 0.192 e. The molecule has 0 radical (unpaired) electrons. The van der Waals surface area contributed by atoms with Crippen molar-refractivity contribution in [2.45, 2.75) is 64.6 Å². The molecule has 1 aromatic carbocycles. The predicted octanol–water partition coefficient (Wildman–Crippen LogP) is 5.26. The minimum Gasteiger partial charge on any atom is -0.344 e. The van der Waals surface area contributed by atoms with Crippen LogP contribution in [-0.4, -0.2) is 13.2 Å². The lowest BCUT2D eigenvalue weighted by Gasteiger charge is -2.25. The van der Waals surface area contributed by atoms with E-state index in [0.717, 1.165) is 17.0 Å². The molecule has 3 rings (SSSR count). The van der Waals surface area contributed by atoms with Crippen molar-refractivity contribution in [2.24, 2.45) is 11.8 Å². The second kappa shape index (κ2) is 9.27. The van der Waals surface area contributed by atoms with Gasteiger partial charge in [0.2, 0.25) is 0 Å². The van der Waals surface area contributed by atoms with Crippen LogP contribution in [0, 0.1) is 35.5 Å². The summed E-state index contributed by atoms with van der Waals surface area (Å²) in [5.74, 6) is 13.5. The molecule has 2 nitrogen and oxygen atoms in total. The molecule has 1 saturated carbocycles. The maximum atomic E-state index is 5.68. The largest absolute Gasteiger partial charge is 0.344 e. The third kappa shape index (κ3) is 5.14. The summed E-state index contributed by atoms with van der Waals surface area (Å²) in [6, 6.07) is 8.08. The van der Waals surface area contributed by atoms with Gasteiger partial charge in [0.1, 0.15) is 0 Å². The maximum absolute atomic E-state index is 5.68. The molecule has 138 valence electrons. The lowest BCUT2D eigenvalue weighted by atomic mass is 9.80. The summed E-state index contributed by atoms with van der Waals surface area (Å²) in [5.41, 5.74) is 2.01. The highest BCUT2D eigenvalue weighted by Gasteiger charge is 2.32. The molecule has 1 aliphatic carbocycles. The number of hydrogen-bond acceptors (Lipinski definition) is 2. The Morgan fingerprint density at radius 1 is 1.00 bits per heavy atom. The van der Waals surface area contributed by atoms with Crippen molar-refractivity contribution >= 4 is 0 Å². The van der Waals surface area contributed by atoms with Crippen molar-refractivity contribution in [2.75, 3.05) is 13.2 Å². The molecular weight excluding hydrogens is 320 g/mol. The number of ether oxygens (including phenoxy) is 2. The van der Waals surface area contributed by atoms with Crippen molar-refractivity contribution < 1.29 is 9.47 Å². The highest BCUT2D eigenvalue weighted by Crippen LogP contribution is 2.32. The van der Waals surface area contributed by atoms with Gasteiger partial charge in [-0.2, -0.15) is 0 Å². The Kier molecular flexibility index (Phi) is 6.79. The first-order valence-electron chi connectivity index (χ1n) is 10.1. The Hall–Kier alpha value is -1.74. The Morgan fingerprint density at radius 2 is 1.69 bits per heavy atom. The quantitative estimate of drug-likeness (QED) is 0.690. The van der Waals surface area contributed by atoms with Crippen LogP contribution >= 0.6 is 0 Å². The average molecular weight is 351 g/mol. The fourth-order valence-electron chi connectivity index (χ4n) is 3.87. The zero-order chi connectivity index (χ0) is 18.2.